The Bertz CT molecular complexity index is 402. The maximum absolute atomic E-state index is 11.0. The van der Waals surface area contributed by atoms with Crippen molar-refractivity contribution in [2.24, 2.45) is 0 Å². The molecule has 15 heavy (non-hydrogen) atoms. The Morgan fingerprint density at radius 2 is 2.27 bits per heavy atom. The van der Waals surface area contributed by atoms with E-state index in [-0.39, 0.29) is 5.75 Å². The molecule has 0 bridgehead atoms. The second-order valence-electron chi connectivity index (χ2n) is 2.55. The van der Waals surface area contributed by atoms with Crippen molar-refractivity contribution in [3.8, 4) is 0 Å². The van der Waals surface area contributed by atoms with Crippen LogP contribution in [0.2, 0.25) is 0 Å². The van der Waals surface area contributed by atoms with E-state index in [4.69, 9.17) is 5.73 Å². The zero-order chi connectivity index (χ0) is 11.3. The lowest BCUT2D eigenvalue weighted by molar-refractivity contribution is 0.585. The lowest BCUT2D eigenvalue weighted by Crippen LogP contribution is -2.27. The minimum absolute atomic E-state index is 0.101. The fraction of sp³-hybridized carbons (Fsp3) is 0.667. The first kappa shape index (κ1) is 12.7. The van der Waals surface area contributed by atoms with E-state index in [1.165, 1.54) is 23.1 Å². The summed E-state index contributed by atoms with van der Waals surface area (Å²) in [7, 11) is -3.09. The summed E-state index contributed by atoms with van der Waals surface area (Å²) in [6.45, 7) is 1.99. The molecule has 0 unspecified atom stereocenters. The van der Waals surface area contributed by atoms with Crippen molar-refractivity contribution in [3.63, 3.8) is 0 Å². The number of sulfonamides is 1. The smallest absolute Gasteiger partial charge is 0.211 e. The van der Waals surface area contributed by atoms with Crippen LogP contribution in [0.4, 0.5) is 5.13 Å². The molecular weight excluding hydrogens is 256 g/mol. The molecular formula is C6H12N4O2S3. The van der Waals surface area contributed by atoms with Gasteiger partial charge in [0.2, 0.25) is 15.2 Å². The summed E-state index contributed by atoms with van der Waals surface area (Å²) in [6, 6.07) is 0. The van der Waals surface area contributed by atoms with Crippen LogP contribution in [0, 0.1) is 0 Å². The van der Waals surface area contributed by atoms with Gasteiger partial charge in [0.25, 0.3) is 0 Å². The number of thioether (sulfide) groups is 1. The molecule has 0 aliphatic rings. The minimum atomic E-state index is -3.09. The summed E-state index contributed by atoms with van der Waals surface area (Å²) in [5, 5.41) is 7.87. The number of rotatable bonds is 6. The fourth-order valence-corrected chi connectivity index (χ4v) is 3.02. The molecule has 0 saturated carbocycles. The van der Waals surface area contributed by atoms with E-state index in [0.717, 1.165) is 4.34 Å². The van der Waals surface area contributed by atoms with Crippen molar-refractivity contribution in [2.75, 3.05) is 23.8 Å². The first-order valence-electron chi connectivity index (χ1n) is 4.22. The Labute approximate surface area is 96.7 Å². The Kier molecular flexibility index (Phi) is 4.77. The van der Waals surface area contributed by atoms with Crippen LogP contribution < -0.4 is 10.5 Å². The molecule has 0 atom stereocenters. The molecule has 0 fully saturated rings. The van der Waals surface area contributed by atoms with E-state index in [1.54, 1.807) is 6.92 Å². The number of anilines is 1. The third-order valence-electron chi connectivity index (χ3n) is 1.45. The minimum Gasteiger partial charge on any atom is -0.374 e. The quantitative estimate of drug-likeness (QED) is 0.563. The maximum Gasteiger partial charge on any atom is 0.211 e. The van der Waals surface area contributed by atoms with Crippen LogP contribution >= 0.6 is 23.1 Å². The van der Waals surface area contributed by atoms with Crippen molar-refractivity contribution in [2.45, 2.75) is 11.3 Å². The number of nitrogen functional groups attached to an aromatic ring is 1. The van der Waals surface area contributed by atoms with Crippen LogP contribution in [0.3, 0.4) is 0 Å². The van der Waals surface area contributed by atoms with E-state index in [1.807, 2.05) is 0 Å². The predicted octanol–water partition coefficient (Wildman–Crippen LogP) is 0.152. The molecule has 0 saturated heterocycles. The van der Waals surface area contributed by atoms with Gasteiger partial charge >= 0.3 is 0 Å². The average molecular weight is 268 g/mol. The second kappa shape index (κ2) is 5.64. The van der Waals surface area contributed by atoms with E-state index < -0.39 is 10.0 Å². The molecule has 9 heteroatoms. The number of nitrogens with zero attached hydrogens (tertiary/aromatic N) is 2. The number of nitrogens with two attached hydrogens (primary N) is 1. The van der Waals surface area contributed by atoms with Gasteiger partial charge in [-0.1, -0.05) is 23.1 Å². The van der Waals surface area contributed by atoms with Gasteiger partial charge in [0.1, 0.15) is 0 Å². The van der Waals surface area contributed by atoms with Gasteiger partial charge in [0.05, 0.1) is 5.75 Å². The lowest BCUT2D eigenvalue weighted by atomic mass is 10.8. The summed E-state index contributed by atoms with van der Waals surface area (Å²) < 4.78 is 25.3. The summed E-state index contributed by atoms with van der Waals surface area (Å²) >= 11 is 2.72. The molecule has 0 spiro atoms. The normalized spacial score (nSPS) is 11.8. The highest BCUT2D eigenvalue weighted by Crippen LogP contribution is 2.22. The fourth-order valence-electron chi connectivity index (χ4n) is 0.716. The van der Waals surface area contributed by atoms with Crippen molar-refractivity contribution in [3.05, 3.63) is 0 Å². The standard InChI is InChI=1S/C6H12N4O2S3/c1-2-15(11,12)8-3-4-13-6-10-9-5(7)14-6/h8H,2-4H2,1H3,(H2,7,9). The molecule has 1 heterocycles. The Hall–Kier alpha value is -0.380. The highest BCUT2D eigenvalue weighted by molar-refractivity contribution is 8.01. The number of aromatic nitrogens is 2. The summed E-state index contributed by atoms with van der Waals surface area (Å²) in [6.07, 6.45) is 0. The second-order valence-corrected chi connectivity index (χ2v) is 7.00. The van der Waals surface area contributed by atoms with Gasteiger partial charge in [0, 0.05) is 12.3 Å². The summed E-state index contributed by atoms with van der Waals surface area (Å²) in [4.78, 5) is 0. The monoisotopic (exact) mass is 268 g/mol. The third-order valence-corrected chi connectivity index (χ3v) is 4.74. The van der Waals surface area contributed by atoms with Crippen molar-refractivity contribution in [1.82, 2.24) is 14.9 Å². The maximum atomic E-state index is 11.0. The molecule has 0 aliphatic heterocycles. The van der Waals surface area contributed by atoms with Gasteiger partial charge in [-0.2, -0.15) is 0 Å². The molecule has 0 aromatic carbocycles. The van der Waals surface area contributed by atoms with Gasteiger partial charge < -0.3 is 5.73 Å². The molecule has 0 amide bonds. The summed E-state index contributed by atoms with van der Waals surface area (Å²) in [5.74, 6) is 0.720. The zero-order valence-corrected chi connectivity index (χ0v) is 10.6. The molecule has 1 rings (SSSR count). The van der Waals surface area contributed by atoms with Crippen LogP contribution in [0.25, 0.3) is 0 Å². The van der Waals surface area contributed by atoms with E-state index in [9.17, 15) is 8.42 Å². The molecule has 86 valence electrons. The van der Waals surface area contributed by atoms with Crippen molar-refractivity contribution < 1.29 is 8.42 Å². The molecule has 1 aromatic heterocycles. The van der Waals surface area contributed by atoms with Gasteiger partial charge in [-0.25, -0.2) is 13.1 Å². The van der Waals surface area contributed by atoms with Crippen LogP contribution in [-0.4, -0.2) is 36.7 Å². The molecule has 1 aromatic rings. The molecule has 6 nitrogen and oxygen atoms in total. The van der Waals surface area contributed by atoms with E-state index in [0.29, 0.717) is 17.4 Å². The highest BCUT2D eigenvalue weighted by atomic mass is 32.2. The highest BCUT2D eigenvalue weighted by Gasteiger charge is 2.06. The van der Waals surface area contributed by atoms with Crippen molar-refractivity contribution in [1.29, 1.82) is 0 Å². The Morgan fingerprint density at radius 1 is 1.53 bits per heavy atom. The number of nitrogens with one attached hydrogen (secondary N) is 1. The van der Waals surface area contributed by atoms with Crippen LogP contribution in [0.15, 0.2) is 4.34 Å². The number of hydrogen-bond donors (Lipinski definition) is 2. The van der Waals surface area contributed by atoms with Crippen LogP contribution in [0.1, 0.15) is 6.92 Å². The first-order valence-corrected chi connectivity index (χ1v) is 7.68. The van der Waals surface area contributed by atoms with Crippen molar-refractivity contribution >= 4 is 38.3 Å². The molecule has 0 aliphatic carbocycles. The largest absolute Gasteiger partial charge is 0.374 e. The molecule has 3 N–H and O–H groups in total. The third kappa shape index (κ3) is 4.78. The number of hydrogen-bond acceptors (Lipinski definition) is 7. The van der Waals surface area contributed by atoms with Gasteiger partial charge in [-0.15, -0.1) is 10.2 Å². The zero-order valence-electron chi connectivity index (χ0n) is 8.13. The molecule has 0 radical (unpaired) electrons. The predicted molar refractivity (Wildman–Crippen MR) is 62.5 cm³/mol. The van der Waals surface area contributed by atoms with E-state index in [2.05, 4.69) is 14.9 Å². The average Bonchev–Trinajstić information content (AvgIpc) is 2.59. The Balaban J connectivity index is 2.23. The lowest BCUT2D eigenvalue weighted by Gasteiger charge is -2.01. The van der Waals surface area contributed by atoms with Gasteiger partial charge in [-0.3, -0.25) is 0 Å². The van der Waals surface area contributed by atoms with Crippen LogP contribution in [-0.2, 0) is 10.0 Å². The summed E-state index contributed by atoms with van der Waals surface area (Å²) in [5.41, 5.74) is 5.39. The van der Waals surface area contributed by atoms with E-state index >= 15 is 0 Å². The SMILES string of the molecule is CCS(=O)(=O)NCCSc1nnc(N)s1. The van der Waals surface area contributed by atoms with Gasteiger partial charge in [0.15, 0.2) is 4.34 Å². The topological polar surface area (TPSA) is 98.0 Å². The van der Waals surface area contributed by atoms with Gasteiger partial charge in [-0.05, 0) is 6.92 Å². The Morgan fingerprint density at radius 3 is 2.80 bits per heavy atom. The van der Waals surface area contributed by atoms with Crippen LogP contribution in [0.5, 0.6) is 0 Å². The first-order chi connectivity index (χ1) is 7.03.